The first-order chi connectivity index (χ1) is 11.6. The van der Waals surface area contributed by atoms with Crippen molar-refractivity contribution < 1.29 is 14.6 Å². The molecule has 0 amide bonds. The molecule has 0 aliphatic carbocycles. The van der Waals surface area contributed by atoms with Crippen LogP contribution in [-0.4, -0.2) is 76.4 Å². The van der Waals surface area contributed by atoms with Crippen molar-refractivity contribution in [2.24, 2.45) is 0 Å². The second kappa shape index (κ2) is 7.16. The molecule has 10 nitrogen and oxygen atoms in total. The Hall–Kier alpha value is -2.17. The van der Waals surface area contributed by atoms with E-state index in [4.69, 9.17) is 9.63 Å². The van der Waals surface area contributed by atoms with E-state index in [2.05, 4.69) is 27.4 Å². The van der Waals surface area contributed by atoms with Gasteiger partial charge in [-0.1, -0.05) is 5.16 Å². The first-order valence-corrected chi connectivity index (χ1v) is 7.98. The van der Waals surface area contributed by atoms with E-state index in [-0.39, 0.29) is 11.5 Å². The van der Waals surface area contributed by atoms with Gasteiger partial charge in [0, 0.05) is 39.3 Å². The van der Waals surface area contributed by atoms with Crippen molar-refractivity contribution in [2.45, 2.75) is 12.6 Å². The summed E-state index contributed by atoms with van der Waals surface area (Å²) < 4.78 is 5.33. The number of rotatable bonds is 6. The highest BCUT2D eigenvalue weighted by Gasteiger charge is 2.40. The van der Waals surface area contributed by atoms with Crippen molar-refractivity contribution in [3.8, 4) is 0 Å². The van der Waals surface area contributed by atoms with Crippen molar-refractivity contribution in [3.63, 3.8) is 0 Å². The number of hydrogen-bond acceptors (Lipinski definition) is 9. The molecule has 24 heavy (non-hydrogen) atoms. The molecule has 2 N–H and O–H groups in total. The molecule has 1 aromatic heterocycles. The molecule has 1 atom stereocenters. The molecule has 3 rings (SSSR count). The Labute approximate surface area is 139 Å². The lowest BCUT2D eigenvalue weighted by Crippen LogP contribution is -2.47. The van der Waals surface area contributed by atoms with E-state index in [1.54, 1.807) is 6.20 Å². The van der Waals surface area contributed by atoms with Gasteiger partial charge in [-0.05, 0) is 13.5 Å². The zero-order valence-electron chi connectivity index (χ0n) is 13.6. The van der Waals surface area contributed by atoms with Crippen LogP contribution in [0.25, 0.3) is 5.70 Å². The molecule has 1 fully saturated rings. The van der Waals surface area contributed by atoms with E-state index in [9.17, 15) is 10.1 Å². The van der Waals surface area contributed by atoms with Crippen LogP contribution < -0.4 is 5.43 Å². The Bertz CT molecular complexity index is 610. The van der Waals surface area contributed by atoms with Crippen LogP contribution in [0.2, 0.25) is 0 Å². The number of aromatic nitrogens is 1. The van der Waals surface area contributed by atoms with Gasteiger partial charge in [-0.15, -0.1) is 0 Å². The first kappa shape index (κ1) is 16.7. The van der Waals surface area contributed by atoms with E-state index in [0.717, 1.165) is 31.9 Å². The van der Waals surface area contributed by atoms with Crippen molar-refractivity contribution in [2.75, 3.05) is 46.4 Å². The summed E-state index contributed by atoms with van der Waals surface area (Å²) in [5, 5.41) is 25.7. The summed E-state index contributed by atoms with van der Waals surface area (Å²) in [5.41, 5.74) is 4.25. The average molecular weight is 338 g/mol. The Morgan fingerprint density at radius 2 is 2.21 bits per heavy atom. The smallest absolute Gasteiger partial charge is 0.330 e. The summed E-state index contributed by atoms with van der Waals surface area (Å²) in [6.07, 6.45) is 2.53. The number of fused-ring (bicyclic) bond motifs is 1. The highest BCUT2D eigenvalue weighted by Crippen LogP contribution is 2.36. The second-order valence-corrected chi connectivity index (χ2v) is 5.97. The average Bonchev–Trinajstić information content (AvgIpc) is 3.04. The molecule has 1 saturated heterocycles. The van der Waals surface area contributed by atoms with Crippen molar-refractivity contribution in [3.05, 3.63) is 33.8 Å². The van der Waals surface area contributed by atoms with E-state index in [0.29, 0.717) is 24.3 Å². The Kier molecular flexibility index (Phi) is 4.97. The van der Waals surface area contributed by atoms with Gasteiger partial charge in [-0.2, -0.15) is 0 Å². The fourth-order valence-corrected chi connectivity index (χ4v) is 2.94. The molecule has 2 aliphatic rings. The maximum Gasteiger partial charge on any atom is 0.330 e. The topological polar surface area (TPSA) is 111 Å². The lowest BCUT2D eigenvalue weighted by atomic mass is 10.1. The van der Waals surface area contributed by atoms with Crippen LogP contribution in [0.1, 0.15) is 23.9 Å². The van der Waals surface area contributed by atoms with Crippen molar-refractivity contribution >= 4 is 5.70 Å². The van der Waals surface area contributed by atoms with Crippen LogP contribution >= 0.6 is 0 Å². The predicted octanol–water partition coefficient (Wildman–Crippen LogP) is -0.302. The minimum Gasteiger partial charge on any atom is -0.396 e. The Morgan fingerprint density at radius 1 is 1.46 bits per heavy atom. The molecule has 0 saturated carbocycles. The number of nitro groups is 1. The van der Waals surface area contributed by atoms with Crippen molar-refractivity contribution in [1.29, 1.82) is 0 Å². The van der Waals surface area contributed by atoms with Crippen LogP contribution in [0.15, 0.2) is 16.9 Å². The van der Waals surface area contributed by atoms with Gasteiger partial charge in [0.25, 0.3) is 0 Å². The predicted molar refractivity (Wildman–Crippen MR) is 84.8 cm³/mol. The van der Waals surface area contributed by atoms with Crippen LogP contribution in [0.5, 0.6) is 0 Å². The SMILES string of the molecule is CN1CCN(C2=CN(NCCCO)C([N+](=O)[O-])c3cnoc32)CC1. The molecule has 0 radical (unpaired) electrons. The Balaban J connectivity index is 1.88. The molecule has 0 aromatic carbocycles. The third kappa shape index (κ3) is 3.21. The van der Waals surface area contributed by atoms with E-state index < -0.39 is 6.17 Å². The largest absolute Gasteiger partial charge is 0.396 e. The highest BCUT2D eigenvalue weighted by molar-refractivity contribution is 5.64. The summed E-state index contributed by atoms with van der Waals surface area (Å²) in [5.74, 6) is 0.460. The number of likely N-dealkylation sites (N-methyl/N-ethyl adjacent to an activating group) is 1. The summed E-state index contributed by atoms with van der Waals surface area (Å²) >= 11 is 0. The third-order valence-electron chi connectivity index (χ3n) is 4.31. The molecule has 1 aromatic rings. The molecule has 0 bridgehead atoms. The summed E-state index contributed by atoms with van der Waals surface area (Å²) in [6, 6.07) is 0. The molecule has 3 heterocycles. The molecule has 132 valence electrons. The van der Waals surface area contributed by atoms with Gasteiger partial charge in [0.15, 0.2) is 5.76 Å². The molecule has 1 unspecified atom stereocenters. The van der Waals surface area contributed by atoms with Gasteiger partial charge < -0.3 is 19.4 Å². The number of hydrogen-bond donors (Lipinski definition) is 2. The fourth-order valence-electron chi connectivity index (χ4n) is 2.94. The van der Waals surface area contributed by atoms with Gasteiger partial charge in [0.1, 0.15) is 11.3 Å². The summed E-state index contributed by atoms with van der Waals surface area (Å²) in [7, 11) is 2.07. The Morgan fingerprint density at radius 3 is 2.88 bits per heavy atom. The number of piperazine rings is 1. The number of hydrazine groups is 1. The van der Waals surface area contributed by atoms with Crippen LogP contribution in [0.3, 0.4) is 0 Å². The fraction of sp³-hybridized carbons (Fsp3) is 0.643. The zero-order chi connectivity index (χ0) is 17.1. The van der Waals surface area contributed by atoms with E-state index >= 15 is 0 Å². The van der Waals surface area contributed by atoms with Gasteiger partial charge in [0.2, 0.25) is 0 Å². The van der Waals surface area contributed by atoms with Gasteiger partial charge in [0.05, 0.1) is 17.3 Å². The monoisotopic (exact) mass is 338 g/mol. The quantitative estimate of drug-likeness (QED) is 0.410. The molecule has 0 spiro atoms. The van der Waals surface area contributed by atoms with E-state index in [1.165, 1.54) is 11.2 Å². The number of nitrogens with zero attached hydrogens (tertiary/aromatic N) is 5. The minimum absolute atomic E-state index is 0.0253. The number of aliphatic hydroxyl groups excluding tert-OH is 1. The number of nitrogens with one attached hydrogen (secondary N) is 1. The summed E-state index contributed by atoms with van der Waals surface area (Å²) in [4.78, 5) is 15.6. The normalized spacial score (nSPS) is 21.6. The van der Waals surface area contributed by atoms with Crippen LogP contribution in [0.4, 0.5) is 0 Å². The van der Waals surface area contributed by atoms with Crippen molar-refractivity contribution in [1.82, 2.24) is 25.4 Å². The first-order valence-electron chi connectivity index (χ1n) is 7.98. The maximum atomic E-state index is 11.5. The van der Waals surface area contributed by atoms with Gasteiger partial charge in [-0.25, -0.2) is 10.4 Å². The maximum absolute atomic E-state index is 11.5. The minimum atomic E-state index is -1.10. The molecular weight excluding hydrogens is 316 g/mol. The van der Waals surface area contributed by atoms with Crippen LogP contribution in [-0.2, 0) is 0 Å². The standard InChI is InChI=1S/C14H22N6O4/c1-17-4-6-18(7-5-17)12-10-19(15-3-2-8-21)14(20(22)23)11-9-16-24-13(11)12/h9-10,14-15,21H,2-8H2,1H3. The molecule has 2 aliphatic heterocycles. The second-order valence-electron chi connectivity index (χ2n) is 5.97. The third-order valence-corrected chi connectivity index (χ3v) is 4.31. The molecule has 10 heteroatoms. The van der Waals surface area contributed by atoms with Gasteiger partial charge in [-0.3, -0.25) is 10.1 Å². The lowest BCUT2D eigenvalue weighted by Gasteiger charge is -2.37. The summed E-state index contributed by atoms with van der Waals surface area (Å²) in [6.45, 7) is 3.92. The lowest BCUT2D eigenvalue weighted by molar-refractivity contribution is -0.558. The number of aliphatic hydroxyl groups is 1. The highest BCUT2D eigenvalue weighted by atomic mass is 16.6. The molecular formula is C14H22N6O4. The zero-order valence-corrected chi connectivity index (χ0v) is 13.6. The van der Waals surface area contributed by atoms with Gasteiger partial charge >= 0.3 is 6.17 Å². The van der Waals surface area contributed by atoms with Crippen LogP contribution in [0, 0.1) is 10.1 Å². The van der Waals surface area contributed by atoms with E-state index in [1.807, 2.05) is 0 Å².